The molecule has 7 nitrogen and oxygen atoms in total. The van der Waals surface area contributed by atoms with Crippen LogP contribution in [0.25, 0.3) is 11.0 Å². The van der Waals surface area contributed by atoms with Gasteiger partial charge >= 0.3 is 11.7 Å². The van der Waals surface area contributed by atoms with Crippen LogP contribution >= 0.6 is 11.6 Å². The van der Waals surface area contributed by atoms with E-state index in [0.717, 1.165) is 36.9 Å². The highest BCUT2D eigenvalue weighted by Gasteiger charge is 2.26. The number of carbonyl (C=O) groups excluding carboxylic acids is 2. The van der Waals surface area contributed by atoms with Crippen LogP contribution in [0.4, 0.5) is 10.5 Å². The van der Waals surface area contributed by atoms with Crippen molar-refractivity contribution < 1.29 is 18.7 Å². The lowest BCUT2D eigenvalue weighted by Gasteiger charge is -2.31. The number of piperidine rings is 1. The Morgan fingerprint density at radius 3 is 2.55 bits per heavy atom. The van der Waals surface area contributed by atoms with Gasteiger partial charge in [0.15, 0.2) is 5.78 Å². The Kier molecular flexibility index (Phi) is 7.11. The van der Waals surface area contributed by atoms with E-state index in [1.807, 2.05) is 6.07 Å². The van der Waals surface area contributed by atoms with E-state index >= 15 is 0 Å². The summed E-state index contributed by atoms with van der Waals surface area (Å²) in [6, 6.07) is 13.7. The maximum absolute atomic E-state index is 12.8. The average molecular weight is 469 g/mol. The molecule has 1 fully saturated rings. The largest absolute Gasteiger partial charge is 0.450 e. The molecule has 1 aliphatic rings. The number of hydrogen-bond acceptors (Lipinski definition) is 6. The Hall–Kier alpha value is -3.16. The van der Waals surface area contributed by atoms with Gasteiger partial charge in [-0.05, 0) is 74.8 Å². The molecule has 0 radical (unpaired) electrons. The fourth-order valence-electron chi connectivity index (χ4n) is 4.17. The molecule has 0 unspecified atom stereocenters. The number of likely N-dealkylation sites (tertiary alicyclic amines) is 1. The predicted molar refractivity (Wildman–Crippen MR) is 127 cm³/mol. The third-order valence-electron chi connectivity index (χ3n) is 5.83. The summed E-state index contributed by atoms with van der Waals surface area (Å²) < 4.78 is 10.2. The van der Waals surface area contributed by atoms with Crippen LogP contribution in [-0.4, -0.2) is 36.5 Å². The fourth-order valence-corrected chi connectivity index (χ4v) is 4.29. The summed E-state index contributed by atoms with van der Waals surface area (Å²) >= 11 is 5.92. The van der Waals surface area contributed by atoms with Crippen LogP contribution < -0.4 is 10.9 Å². The molecule has 8 heteroatoms. The van der Waals surface area contributed by atoms with Crippen molar-refractivity contribution in [2.45, 2.75) is 26.3 Å². The topological polar surface area (TPSA) is 88.9 Å². The van der Waals surface area contributed by atoms with Crippen molar-refractivity contribution >= 4 is 40.1 Å². The Morgan fingerprint density at radius 1 is 1.12 bits per heavy atom. The summed E-state index contributed by atoms with van der Waals surface area (Å²) in [5, 5.41) is 4.04. The first-order chi connectivity index (χ1) is 15.9. The van der Waals surface area contributed by atoms with E-state index < -0.39 is 11.7 Å². The van der Waals surface area contributed by atoms with Crippen molar-refractivity contribution in [3.8, 4) is 0 Å². The molecule has 0 saturated carbocycles. The first kappa shape index (κ1) is 23.0. The Labute approximate surface area is 196 Å². The van der Waals surface area contributed by atoms with E-state index in [1.54, 1.807) is 43.3 Å². The van der Waals surface area contributed by atoms with E-state index in [4.69, 9.17) is 20.8 Å². The molecule has 0 atom stereocenters. The number of halogens is 1. The molecule has 1 N–H and O–H groups in total. The van der Waals surface area contributed by atoms with Gasteiger partial charge in [0.1, 0.15) is 5.58 Å². The minimum Gasteiger partial charge on any atom is -0.450 e. The number of carbonyl (C=O) groups is 2. The molecule has 1 saturated heterocycles. The summed E-state index contributed by atoms with van der Waals surface area (Å²) in [6.07, 6.45) is 0.953. The van der Waals surface area contributed by atoms with E-state index in [0.29, 0.717) is 28.4 Å². The van der Waals surface area contributed by atoms with Crippen molar-refractivity contribution in [1.82, 2.24) is 4.90 Å². The molecule has 3 aromatic rings. The number of benzene rings is 2. The third kappa shape index (κ3) is 5.61. The maximum Gasteiger partial charge on any atom is 0.411 e. The molecule has 33 heavy (non-hydrogen) atoms. The molecule has 1 aromatic heterocycles. The third-order valence-corrected chi connectivity index (χ3v) is 6.09. The number of Topliss-reactive ketones (excluding diaryl/α,β-unsaturated/α-hetero) is 1. The minimum atomic E-state index is -0.564. The molecule has 1 amide bonds. The SMILES string of the molecule is CCOC(=O)Nc1ccc2c(CN3CCC(C(=O)c4ccc(Cl)cc4)CC3)cc(=O)oc2c1. The number of hydrogen-bond donors (Lipinski definition) is 1. The van der Waals surface area contributed by atoms with Crippen molar-refractivity contribution in [3.63, 3.8) is 0 Å². The van der Waals surface area contributed by atoms with Gasteiger partial charge in [0.05, 0.1) is 6.61 Å². The quantitative estimate of drug-likeness (QED) is 0.399. The summed E-state index contributed by atoms with van der Waals surface area (Å²) in [6.45, 7) is 4.08. The highest BCUT2D eigenvalue weighted by molar-refractivity contribution is 6.30. The van der Waals surface area contributed by atoms with Gasteiger partial charge in [-0.2, -0.15) is 0 Å². The molecule has 4 rings (SSSR count). The average Bonchev–Trinajstić information content (AvgIpc) is 2.79. The predicted octanol–water partition coefficient (Wildman–Crippen LogP) is 5.11. The number of fused-ring (bicyclic) bond motifs is 1. The van der Waals surface area contributed by atoms with Gasteiger partial charge in [-0.3, -0.25) is 15.0 Å². The van der Waals surface area contributed by atoms with Crippen LogP contribution in [0.5, 0.6) is 0 Å². The van der Waals surface area contributed by atoms with Gasteiger partial charge in [0.2, 0.25) is 0 Å². The Bertz CT molecular complexity index is 1210. The lowest BCUT2D eigenvalue weighted by molar-refractivity contribution is 0.0835. The van der Waals surface area contributed by atoms with Crippen LogP contribution in [0.1, 0.15) is 35.7 Å². The van der Waals surface area contributed by atoms with Crippen LogP contribution in [0.3, 0.4) is 0 Å². The van der Waals surface area contributed by atoms with Crippen molar-refractivity contribution in [1.29, 1.82) is 0 Å². The second-order valence-electron chi connectivity index (χ2n) is 8.07. The lowest BCUT2D eigenvalue weighted by atomic mass is 9.88. The van der Waals surface area contributed by atoms with Crippen molar-refractivity contribution in [2.75, 3.05) is 25.0 Å². The molecular weight excluding hydrogens is 444 g/mol. The van der Waals surface area contributed by atoms with E-state index in [2.05, 4.69) is 10.2 Å². The number of amides is 1. The van der Waals surface area contributed by atoms with Gasteiger partial charge in [0, 0.05) is 46.3 Å². The van der Waals surface area contributed by atoms with Crippen molar-refractivity contribution in [2.24, 2.45) is 5.92 Å². The van der Waals surface area contributed by atoms with Gasteiger partial charge in [0.25, 0.3) is 0 Å². The summed E-state index contributed by atoms with van der Waals surface area (Å²) in [5.41, 5.74) is 1.99. The Morgan fingerprint density at radius 2 is 1.85 bits per heavy atom. The van der Waals surface area contributed by atoms with Crippen LogP contribution in [-0.2, 0) is 11.3 Å². The second-order valence-corrected chi connectivity index (χ2v) is 8.51. The maximum atomic E-state index is 12.8. The molecule has 0 aliphatic carbocycles. The summed E-state index contributed by atoms with van der Waals surface area (Å²) in [7, 11) is 0. The molecule has 0 bridgehead atoms. The number of ether oxygens (including phenoxy) is 1. The number of ketones is 1. The standard InChI is InChI=1S/C25H25ClN2O5/c1-2-32-25(31)27-20-7-8-21-18(13-23(29)33-22(21)14-20)15-28-11-9-17(10-12-28)24(30)16-3-5-19(26)6-4-16/h3-8,13-14,17H,2,9-12,15H2,1H3,(H,27,31). The van der Waals surface area contributed by atoms with E-state index in [-0.39, 0.29) is 18.3 Å². The van der Waals surface area contributed by atoms with Gasteiger partial charge in [-0.1, -0.05) is 11.6 Å². The molecule has 172 valence electrons. The number of nitrogens with zero attached hydrogens (tertiary/aromatic N) is 1. The van der Waals surface area contributed by atoms with E-state index in [1.165, 1.54) is 6.07 Å². The van der Waals surface area contributed by atoms with Crippen LogP contribution in [0.2, 0.25) is 5.02 Å². The second kappa shape index (κ2) is 10.2. The normalized spacial score (nSPS) is 14.8. The van der Waals surface area contributed by atoms with Gasteiger partial charge < -0.3 is 9.15 Å². The molecule has 1 aliphatic heterocycles. The number of rotatable bonds is 6. The minimum absolute atomic E-state index is 0.0171. The molecule has 2 aromatic carbocycles. The zero-order valence-electron chi connectivity index (χ0n) is 18.3. The Balaban J connectivity index is 1.43. The highest BCUT2D eigenvalue weighted by atomic mass is 35.5. The first-order valence-corrected chi connectivity index (χ1v) is 11.3. The fraction of sp³-hybridized carbons (Fsp3) is 0.320. The van der Waals surface area contributed by atoms with Crippen LogP contribution in [0, 0.1) is 5.92 Å². The summed E-state index contributed by atoms with van der Waals surface area (Å²) in [4.78, 5) is 38.8. The highest BCUT2D eigenvalue weighted by Crippen LogP contribution is 2.26. The number of nitrogens with one attached hydrogen (secondary N) is 1. The van der Waals surface area contributed by atoms with Gasteiger partial charge in [-0.25, -0.2) is 9.59 Å². The molecule has 0 spiro atoms. The number of anilines is 1. The lowest BCUT2D eigenvalue weighted by Crippen LogP contribution is -2.36. The molecular formula is C25H25ClN2O5. The van der Waals surface area contributed by atoms with Gasteiger partial charge in [-0.15, -0.1) is 0 Å². The van der Waals surface area contributed by atoms with E-state index in [9.17, 15) is 14.4 Å². The first-order valence-electron chi connectivity index (χ1n) is 11.0. The zero-order valence-corrected chi connectivity index (χ0v) is 19.1. The summed E-state index contributed by atoms with van der Waals surface area (Å²) in [5.74, 6) is 0.135. The molecule has 2 heterocycles. The smallest absolute Gasteiger partial charge is 0.411 e. The monoisotopic (exact) mass is 468 g/mol. The zero-order chi connectivity index (χ0) is 23.4. The van der Waals surface area contributed by atoms with Crippen LogP contribution in [0.15, 0.2) is 57.7 Å². The van der Waals surface area contributed by atoms with Crippen molar-refractivity contribution in [3.05, 3.63) is 75.1 Å².